The van der Waals surface area contributed by atoms with E-state index in [1.807, 2.05) is 36.4 Å². The third-order valence-electron chi connectivity index (χ3n) is 1.28. The first-order chi connectivity index (χ1) is 6.61. The number of halogens is 2. The van der Waals surface area contributed by atoms with Crippen molar-refractivity contribution in [2.45, 2.75) is 37.0 Å². The first-order valence-electron chi connectivity index (χ1n) is 4.38. The molecule has 0 aliphatic rings. The fraction of sp³-hybridized carbons (Fsp3) is 0.750. The number of hydrogen-bond donors (Lipinski definition) is 0. The zero-order chi connectivity index (χ0) is 11.6. The summed E-state index contributed by atoms with van der Waals surface area (Å²) in [6.45, 7) is 3.75. The number of carbonyl (C=O) groups is 2. The van der Waals surface area contributed by atoms with E-state index in [9.17, 15) is 9.59 Å². The van der Waals surface area contributed by atoms with Crippen molar-refractivity contribution in [1.29, 1.82) is 0 Å². The molecule has 0 aromatic heterocycles. The van der Waals surface area contributed by atoms with Gasteiger partial charge in [-0.3, -0.25) is 9.59 Å². The van der Waals surface area contributed by atoms with Crippen LogP contribution in [-0.4, -0.2) is 92.6 Å². The fourth-order valence-corrected chi connectivity index (χ4v) is 0.725. The molecule has 0 fully saturated rings. The molecule has 80 valence electrons. The molecule has 0 radical (unpaired) electrons. The van der Waals surface area contributed by atoms with Gasteiger partial charge in [-0.2, -0.15) is 0 Å². The summed E-state index contributed by atoms with van der Waals surface area (Å²) in [5.41, 5.74) is 0. The average Bonchev–Trinajstić information content (AvgIpc) is 2.19. The predicted molar refractivity (Wildman–Crippen MR) is 72.9 cm³/mol. The third-order valence-corrected chi connectivity index (χ3v) is 2.67. The van der Waals surface area contributed by atoms with Crippen molar-refractivity contribution in [2.24, 2.45) is 0 Å². The summed E-state index contributed by atoms with van der Waals surface area (Å²) >= 11 is 2.50. The topological polar surface area (TPSA) is 43.4 Å². The zero-order valence-corrected chi connectivity index (χ0v) is 14.7. The standard InChI is InChI=1S/C8H13IO3.ClH.K.Na.H/c1-3-5-7(10)12-8(11)6(9)4-2;;;;/h6H,3-5H2,1-2H3;1H;;;/q;;+1;;/p-1. The van der Waals surface area contributed by atoms with Crippen LogP contribution in [0.15, 0.2) is 0 Å². The Labute approximate surface area is 163 Å². The summed E-state index contributed by atoms with van der Waals surface area (Å²) in [5.74, 6) is -0.839. The molecule has 0 rings (SSSR count). The Hall–Kier alpha value is 2.80. The molecule has 0 saturated heterocycles. The van der Waals surface area contributed by atoms with Crippen LogP contribution in [0.1, 0.15) is 33.1 Å². The summed E-state index contributed by atoms with van der Waals surface area (Å²) in [6.07, 6.45) is 1.72. The number of ether oxygens (including phenoxy) is 1. The van der Waals surface area contributed by atoms with Gasteiger partial charge < -0.3 is 4.74 Å². The van der Waals surface area contributed by atoms with Crippen LogP contribution in [-0.2, 0) is 14.3 Å². The van der Waals surface area contributed by atoms with Gasteiger partial charge in [-0.1, -0.05) is 36.4 Å². The van der Waals surface area contributed by atoms with Crippen molar-refractivity contribution < 1.29 is 14.3 Å². The van der Waals surface area contributed by atoms with Gasteiger partial charge in [0.2, 0.25) is 0 Å². The van der Waals surface area contributed by atoms with Crippen LogP contribution in [0.25, 0.3) is 0 Å². The van der Waals surface area contributed by atoms with Gasteiger partial charge in [0.05, 0.1) is 0 Å². The Kier molecular flexibility index (Phi) is 25.7. The Morgan fingerprint density at radius 3 is 2.20 bits per heavy atom. The van der Waals surface area contributed by atoms with E-state index in [-0.39, 0.29) is 33.5 Å². The minimum atomic E-state index is -0.420. The average molecular weight is 383 g/mol. The third kappa shape index (κ3) is 14.7. The molecular formula is C8H14ClIKNaO3. The van der Waals surface area contributed by atoms with Crippen LogP contribution in [0.4, 0.5) is 0 Å². The van der Waals surface area contributed by atoms with Gasteiger partial charge in [0.1, 0.15) is 3.92 Å². The molecule has 0 spiro atoms. The first kappa shape index (κ1) is 22.9. The predicted octanol–water partition coefficient (Wildman–Crippen LogP) is 1.73. The van der Waals surface area contributed by atoms with Gasteiger partial charge in [0.15, 0.2) is 0 Å². The van der Waals surface area contributed by atoms with E-state index in [0.29, 0.717) is 66.4 Å². The van der Waals surface area contributed by atoms with Crippen LogP contribution in [0, 0.1) is 0 Å². The first-order valence-corrected chi connectivity index (χ1v) is 9.92. The second-order valence-electron chi connectivity index (χ2n) is 2.42. The summed E-state index contributed by atoms with van der Waals surface area (Å²) in [5, 5.41) is 0. The molecule has 0 saturated carbocycles. The van der Waals surface area contributed by atoms with E-state index in [2.05, 4.69) is 4.74 Å². The van der Waals surface area contributed by atoms with Crippen molar-refractivity contribution >= 4 is 115 Å². The van der Waals surface area contributed by atoms with Crippen LogP contribution in [0.3, 0.4) is 0 Å². The van der Waals surface area contributed by atoms with Crippen LogP contribution >= 0.6 is 26.4 Å². The molecule has 0 N–H and O–H groups in total. The van der Waals surface area contributed by atoms with E-state index in [1.54, 1.807) is 0 Å². The van der Waals surface area contributed by atoms with Crippen molar-refractivity contribution in [3.05, 3.63) is 0 Å². The number of esters is 2. The molecule has 0 aliphatic heterocycles. The molecule has 0 heterocycles. The van der Waals surface area contributed by atoms with Gasteiger partial charge in [0, 0.05) is 6.42 Å². The second kappa shape index (κ2) is 16.8. The Bertz CT molecular complexity index is 183. The minimum absolute atomic E-state index is 0. The number of alkyl halides is 1. The van der Waals surface area contributed by atoms with E-state index in [4.69, 9.17) is 3.76 Å². The molecule has 0 aromatic carbocycles. The quantitative estimate of drug-likeness (QED) is 0.244. The summed E-state index contributed by atoms with van der Waals surface area (Å²) in [7, 11) is 0. The fourth-order valence-electron chi connectivity index (χ4n) is 0.598. The molecular weight excluding hydrogens is 369 g/mol. The maximum atomic E-state index is 11.0. The van der Waals surface area contributed by atoms with Crippen molar-refractivity contribution in [2.75, 3.05) is 0 Å². The molecule has 0 bridgehead atoms. The maximum absolute atomic E-state index is 11.0. The molecule has 7 heteroatoms. The zero-order valence-electron chi connectivity index (χ0n) is 8.68. The number of carbonyl (C=O) groups excluding carboxylic acids is 2. The summed E-state index contributed by atoms with van der Waals surface area (Å²) < 4.78 is 9.18. The molecule has 3 nitrogen and oxygen atoms in total. The summed E-state index contributed by atoms with van der Waals surface area (Å²) in [4.78, 5) is 21.8. The SMILES string of the molecule is CCCC(=O)OC(=O)C(I)CC.[Cl][K].[NaH]. The molecule has 1 atom stereocenters. The van der Waals surface area contributed by atoms with E-state index in [1.165, 1.54) is 0 Å². The van der Waals surface area contributed by atoms with Gasteiger partial charge in [-0.15, -0.1) is 0 Å². The Morgan fingerprint density at radius 2 is 1.87 bits per heavy atom. The van der Waals surface area contributed by atoms with E-state index in [0.717, 1.165) is 0 Å². The normalized spacial score (nSPS) is 10.3. The van der Waals surface area contributed by atoms with Gasteiger partial charge in [-0.25, -0.2) is 0 Å². The number of rotatable bonds is 4. The Balaban J connectivity index is -0.000000449. The molecule has 1 unspecified atom stereocenters. The van der Waals surface area contributed by atoms with E-state index >= 15 is 0 Å². The molecule has 15 heavy (non-hydrogen) atoms. The number of hydrogen-bond acceptors (Lipinski definition) is 3. The van der Waals surface area contributed by atoms with Crippen molar-refractivity contribution in [1.82, 2.24) is 0 Å². The van der Waals surface area contributed by atoms with Gasteiger partial charge in [-0.05, 0) is 12.8 Å². The van der Waals surface area contributed by atoms with Crippen molar-refractivity contribution in [3.63, 3.8) is 0 Å². The van der Waals surface area contributed by atoms with E-state index < -0.39 is 11.9 Å². The molecule has 0 aliphatic carbocycles. The second-order valence-corrected chi connectivity index (χ2v) is 3.92. The van der Waals surface area contributed by atoms with Gasteiger partial charge in [0.25, 0.3) is 0 Å². The van der Waals surface area contributed by atoms with Gasteiger partial charge >= 0.3 is 92.4 Å². The Morgan fingerprint density at radius 1 is 1.40 bits per heavy atom. The van der Waals surface area contributed by atoms with Crippen molar-refractivity contribution in [3.8, 4) is 0 Å². The summed E-state index contributed by atoms with van der Waals surface area (Å²) in [6, 6.07) is 0. The monoisotopic (exact) mass is 382 g/mol. The molecule has 0 aromatic rings. The van der Waals surface area contributed by atoms with Crippen LogP contribution in [0.2, 0.25) is 0 Å². The molecule has 0 amide bonds. The van der Waals surface area contributed by atoms with Crippen LogP contribution in [0.5, 0.6) is 0 Å². The van der Waals surface area contributed by atoms with Crippen LogP contribution < -0.4 is 0 Å².